The van der Waals surface area contributed by atoms with E-state index in [9.17, 15) is 13.2 Å². The van der Waals surface area contributed by atoms with Gasteiger partial charge in [-0.15, -0.1) is 0 Å². The van der Waals surface area contributed by atoms with Crippen LogP contribution in [0.4, 0.5) is 13.2 Å². The Labute approximate surface area is 111 Å². The van der Waals surface area contributed by atoms with Crippen LogP contribution in [0.2, 0.25) is 0 Å². The monoisotopic (exact) mass is 279 g/mol. The van der Waals surface area contributed by atoms with Gasteiger partial charge >= 0.3 is 6.18 Å². The predicted molar refractivity (Wildman–Crippen MR) is 65.8 cm³/mol. The van der Waals surface area contributed by atoms with E-state index in [1.165, 1.54) is 0 Å². The van der Waals surface area contributed by atoms with E-state index in [0.717, 1.165) is 24.5 Å². The van der Waals surface area contributed by atoms with E-state index in [1.54, 1.807) is 6.20 Å². The summed E-state index contributed by atoms with van der Waals surface area (Å²) in [5, 5.41) is 3.24. The molecule has 7 heteroatoms. The van der Waals surface area contributed by atoms with Crippen LogP contribution in [0, 0.1) is 6.92 Å². The highest BCUT2D eigenvalue weighted by molar-refractivity contribution is 5.04. The highest BCUT2D eigenvalue weighted by Gasteiger charge is 2.27. The van der Waals surface area contributed by atoms with Crippen LogP contribution >= 0.6 is 0 Å². The molecule has 1 N–H and O–H groups in total. The number of alkyl halides is 3. The van der Waals surface area contributed by atoms with Crippen molar-refractivity contribution in [3.63, 3.8) is 0 Å². The first-order valence-electron chi connectivity index (χ1n) is 6.30. The van der Waals surface area contributed by atoms with Crippen molar-refractivity contribution in [1.29, 1.82) is 0 Å². The lowest BCUT2D eigenvalue weighted by atomic mass is 10.4. The highest BCUT2D eigenvalue weighted by Crippen LogP contribution is 2.14. The van der Waals surface area contributed by atoms with E-state index in [4.69, 9.17) is 0 Å². The first kappa shape index (κ1) is 16.0. The van der Waals surface area contributed by atoms with Crippen LogP contribution < -0.4 is 5.32 Å². The summed E-state index contributed by atoms with van der Waals surface area (Å²) in [6.07, 6.45) is -1.50. The highest BCUT2D eigenvalue weighted by atomic mass is 19.4. The van der Waals surface area contributed by atoms with Gasteiger partial charge in [0.15, 0.2) is 0 Å². The number of rotatable bonds is 8. The fourth-order valence-corrected chi connectivity index (χ4v) is 1.70. The zero-order valence-corrected chi connectivity index (χ0v) is 11.3. The van der Waals surface area contributed by atoms with Gasteiger partial charge in [0.05, 0.1) is 12.3 Å². The fraction of sp³-hybridized carbons (Fsp3) is 0.750. The van der Waals surface area contributed by atoms with Crippen molar-refractivity contribution in [2.24, 2.45) is 0 Å². The second kappa shape index (κ2) is 7.49. The van der Waals surface area contributed by atoms with Gasteiger partial charge in [-0.05, 0) is 19.9 Å². The Morgan fingerprint density at radius 1 is 1.42 bits per heavy atom. The van der Waals surface area contributed by atoms with Crippen LogP contribution in [0.25, 0.3) is 0 Å². The van der Waals surface area contributed by atoms with Crippen molar-refractivity contribution in [3.8, 4) is 0 Å². The lowest BCUT2D eigenvalue weighted by Crippen LogP contribution is -2.21. The molecule has 0 aliphatic heterocycles. The molecule has 0 fully saturated rings. The molecule has 0 spiro atoms. The van der Waals surface area contributed by atoms with Crippen LogP contribution in [0.5, 0.6) is 0 Å². The molecular formula is C12H20F3N3O. The van der Waals surface area contributed by atoms with Crippen molar-refractivity contribution < 1.29 is 17.9 Å². The van der Waals surface area contributed by atoms with Gasteiger partial charge in [-0.2, -0.15) is 13.2 Å². The number of aryl methyl sites for hydroxylation is 1. The van der Waals surface area contributed by atoms with Crippen LogP contribution in [0.15, 0.2) is 6.20 Å². The van der Waals surface area contributed by atoms with Crippen molar-refractivity contribution in [2.75, 3.05) is 19.8 Å². The van der Waals surface area contributed by atoms with Gasteiger partial charge in [-0.3, -0.25) is 0 Å². The number of ether oxygens (including phenoxy) is 1. The predicted octanol–water partition coefficient (Wildman–Crippen LogP) is 2.27. The van der Waals surface area contributed by atoms with Gasteiger partial charge in [0.2, 0.25) is 0 Å². The SMILES string of the molecule is CCCNCc1cnc(C)n1CCOCC(F)(F)F. The normalized spacial score (nSPS) is 12.1. The van der Waals surface area contributed by atoms with E-state index in [0.29, 0.717) is 13.1 Å². The summed E-state index contributed by atoms with van der Waals surface area (Å²) >= 11 is 0. The molecule has 0 radical (unpaired) electrons. The zero-order valence-electron chi connectivity index (χ0n) is 11.3. The maximum Gasteiger partial charge on any atom is 0.411 e. The number of halogens is 3. The number of imidazole rings is 1. The first-order chi connectivity index (χ1) is 8.94. The van der Waals surface area contributed by atoms with E-state index < -0.39 is 12.8 Å². The average Bonchev–Trinajstić information content (AvgIpc) is 2.66. The molecule has 4 nitrogen and oxygen atoms in total. The van der Waals surface area contributed by atoms with Crippen molar-refractivity contribution in [2.45, 2.75) is 39.5 Å². The molecule has 0 bridgehead atoms. The van der Waals surface area contributed by atoms with E-state index >= 15 is 0 Å². The molecule has 19 heavy (non-hydrogen) atoms. The van der Waals surface area contributed by atoms with Gasteiger partial charge in [-0.1, -0.05) is 6.92 Å². The second-order valence-electron chi connectivity index (χ2n) is 4.29. The molecule has 0 amide bonds. The first-order valence-corrected chi connectivity index (χ1v) is 6.30. The molecule has 0 saturated carbocycles. The number of hydrogen-bond acceptors (Lipinski definition) is 3. The Kier molecular flexibility index (Phi) is 6.30. The Hall–Kier alpha value is -1.08. The smallest absolute Gasteiger partial charge is 0.370 e. The molecule has 1 rings (SSSR count). The maximum atomic E-state index is 11.9. The Balaban J connectivity index is 2.41. The van der Waals surface area contributed by atoms with Crippen molar-refractivity contribution >= 4 is 0 Å². The quantitative estimate of drug-likeness (QED) is 0.742. The van der Waals surface area contributed by atoms with Crippen LogP contribution in [-0.4, -0.2) is 35.5 Å². The van der Waals surface area contributed by atoms with Crippen molar-refractivity contribution in [1.82, 2.24) is 14.9 Å². The summed E-state index contributed by atoms with van der Waals surface area (Å²) < 4.78 is 42.3. The zero-order chi connectivity index (χ0) is 14.3. The Morgan fingerprint density at radius 2 is 2.16 bits per heavy atom. The van der Waals surface area contributed by atoms with Gasteiger partial charge < -0.3 is 14.6 Å². The summed E-state index contributed by atoms with van der Waals surface area (Å²) in [5.41, 5.74) is 0.960. The second-order valence-corrected chi connectivity index (χ2v) is 4.29. The fourth-order valence-electron chi connectivity index (χ4n) is 1.70. The molecule has 110 valence electrons. The molecular weight excluding hydrogens is 259 g/mol. The van der Waals surface area contributed by atoms with E-state index in [-0.39, 0.29) is 6.61 Å². The minimum absolute atomic E-state index is 0.0253. The minimum atomic E-state index is -4.27. The molecule has 0 aliphatic carbocycles. The lowest BCUT2D eigenvalue weighted by Gasteiger charge is -2.12. The number of aromatic nitrogens is 2. The van der Waals surface area contributed by atoms with Gasteiger partial charge in [0.1, 0.15) is 12.4 Å². The topological polar surface area (TPSA) is 39.1 Å². The van der Waals surface area contributed by atoms with Gasteiger partial charge in [0.25, 0.3) is 0 Å². The van der Waals surface area contributed by atoms with Crippen LogP contribution in [0.1, 0.15) is 24.9 Å². The lowest BCUT2D eigenvalue weighted by molar-refractivity contribution is -0.174. The summed E-state index contributed by atoms with van der Waals surface area (Å²) in [5.74, 6) is 0.781. The third kappa shape index (κ3) is 6.07. The molecule has 1 aromatic heterocycles. The third-order valence-corrected chi connectivity index (χ3v) is 2.60. The third-order valence-electron chi connectivity index (χ3n) is 2.60. The standard InChI is InChI=1S/C12H20F3N3O/c1-3-4-16-7-11-8-17-10(2)18(11)5-6-19-9-12(13,14)15/h8,16H,3-7,9H2,1-2H3. The van der Waals surface area contributed by atoms with Crippen LogP contribution in [0.3, 0.4) is 0 Å². The average molecular weight is 279 g/mol. The van der Waals surface area contributed by atoms with Crippen LogP contribution in [-0.2, 0) is 17.8 Å². The summed E-state index contributed by atoms with van der Waals surface area (Å²) in [6, 6.07) is 0. The Bertz CT molecular complexity index is 377. The number of nitrogens with one attached hydrogen (secondary N) is 1. The van der Waals surface area contributed by atoms with Gasteiger partial charge in [-0.25, -0.2) is 4.98 Å². The van der Waals surface area contributed by atoms with Gasteiger partial charge in [0, 0.05) is 19.3 Å². The molecule has 1 heterocycles. The summed E-state index contributed by atoms with van der Waals surface area (Å²) in [7, 11) is 0. The minimum Gasteiger partial charge on any atom is -0.370 e. The van der Waals surface area contributed by atoms with Crippen molar-refractivity contribution in [3.05, 3.63) is 17.7 Å². The molecule has 0 aliphatic rings. The number of hydrogen-bond donors (Lipinski definition) is 1. The Morgan fingerprint density at radius 3 is 2.79 bits per heavy atom. The molecule has 0 atom stereocenters. The summed E-state index contributed by atoms with van der Waals surface area (Å²) in [6.45, 7) is 4.66. The van der Waals surface area contributed by atoms with E-state index in [2.05, 4.69) is 22.0 Å². The maximum absolute atomic E-state index is 11.9. The van der Waals surface area contributed by atoms with E-state index in [1.807, 2.05) is 11.5 Å². The number of nitrogens with zero attached hydrogens (tertiary/aromatic N) is 2. The molecule has 0 saturated heterocycles. The molecule has 1 aromatic rings. The summed E-state index contributed by atoms with van der Waals surface area (Å²) in [4.78, 5) is 4.17. The molecule has 0 aromatic carbocycles. The largest absolute Gasteiger partial charge is 0.411 e. The molecule has 0 unspecified atom stereocenters.